The number of aromatic nitrogens is 3. The number of thiazole rings is 1. The van der Waals surface area contributed by atoms with E-state index in [0.29, 0.717) is 27.9 Å². The highest BCUT2D eigenvalue weighted by Gasteiger charge is 2.11. The lowest BCUT2D eigenvalue weighted by molar-refractivity contribution is -0.145. The largest absolute Gasteiger partial charge is 0.459 e. The number of esters is 1. The van der Waals surface area contributed by atoms with Crippen molar-refractivity contribution in [2.45, 2.75) is 19.4 Å². The number of oxazole rings is 1. The predicted molar refractivity (Wildman–Crippen MR) is 99.4 cm³/mol. The second-order valence-electron chi connectivity index (χ2n) is 5.93. The molecular weight excluding hydrogens is 385 g/mol. The fraction of sp³-hybridized carbons (Fsp3) is 0.158. The van der Waals surface area contributed by atoms with Crippen LogP contribution in [0.3, 0.4) is 0 Å². The molecule has 0 N–H and O–H groups in total. The molecule has 4 rings (SSSR count). The van der Waals surface area contributed by atoms with Crippen molar-refractivity contribution < 1.29 is 18.3 Å². The van der Waals surface area contributed by atoms with E-state index < -0.39 is 5.97 Å². The average Bonchev–Trinajstić information content (AvgIpc) is 3.35. The molecule has 0 aliphatic rings. The normalized spacial score (nSPS) is 11.0. The van der Waals surface area contributed by atoms with Gasteiger partial charge in [0.2, 0.25) is 0 Å². The van der Waals surface area contributed by atoms with Crippen LogP contribution in [0.2, 0.25) is 0 Å². The summed E-state index contributed by atoms with van der Waals surface area (Å²) in [7, 11) is 0. The van der Waals surface area contributed by atoms with E-state index in [-0.39, 0.29) is 30.8 Å². The molecule has 0 radical (unpaired) electrons. The lowest BCUT2D eigenvalue weighted by Crippen LogP contribution is -2.14. The van der Waals surface area contributed by atoms with Gasteiger partial charge < -0.3 is 9.15 Å². The molecular formula is C19H14FN3O4S. The molecule has 0 aliphatic carbocycles. The van der Waals surface area contributed by atoms with Gasteiger partial charge in [-0.3, -0.25) is 14.0 Å². The van der Waals surface area contributed by atoms with Gasteiger partial charge in [-0.1, -0.05) is 0 Å². The van der Waals surface area contributed by atoms with Crippen molar-refractivity contribution in [1.82, 2.24) is 14.4 Å². The molecule has 0 bridgehead atoms. The first kappa shape index (κ1) is 18.1. The Kier molecular flexibility index (Phi) is 4.98. The molecule has 0 spiro atoms. The lowest BCUT2D eigenvalue weighted by atomic mass is 10.2. The van der Waals surface area contributed by atoms with Gasteiger partial charge in [0.15, 0.2) is 16.6 Å². The third-order valence-electron chi connectivity index (χ3n) is 3.96. The molecule has 7 nitrogen and oxygen atoms in total. The second-order valence-corrected chi connectivity index (χ2v) is 6.80. The highest BCUT2D eigenvalue weighted by atomic mass is 32.1. The zero-order valence-electron chi connectivity index (χ0n) is 14.5. The molecule has 0 saturated carbocycles. The first-order chi connectivity index (χ1) is 13.6. The summed E-state index contributed by atoms with van der Waals surface area (Å²) in [5, 5.41) is 1.76. The number of hydrogen-bond donors (Lipinski definition) is 0. The molecule has 0 amide bonds. The summed E-state index contributed by atoms with van der Waals surface area (Å²) < 4.78 is 25.2. The Labute approximate surface area is 162 Å². The Morgan fingerprint density at radius 1 is 1.29 bits per heavy atom. The van der Waals surface area contributed by atoms with Gasteiger partial charge in [-0.15, -0.1) is 11.3 Å². The van der Waals surface area contributed by atoms with E-state index in [2.05, 4.69) is 9.97 Å². The Bertz CT molecular complexity index is 1180. The maximum Gasteiger partial charge on any atom is 0.306 e. The van der Waals surface area contributed by atoms with Gasteiger partial charge >= 0.3 is 5.97 Å². The fourth-order valence-electron chi connectivity index (χ4n) is 2.57. The molecule has 3 heterocycles. The summed E-state index contributed by atoms with van der Waals surface area (Å²) in [6.07, 6.45) is 3.51. The Balaban J connectivity index is 1.32. The van der Waals surface area contributed by atoms with Gasteiger partial charge in [0.05, 0.1) is 18.3 Å². The molecule has 0 unspecified atom stereocenters. The van der Waals surface area contributed by atoms with Crippen molar-refractivity contribution >= 4 is 22.3 Å². The third kappa shape index (κ3) is 3.99. The third-order valence-corrected chi connectivity index (χ3v) is 4.72. The number of halogens is 1. The molecule has 0 fully saturated rings. The molecule has 142 valence electrons. The number of aryl methyl sites for hydroxylation is 1. The van der Waals surface area contributed by atoms with Crippen LogP contribution in [0, 0.1) is 5.82 Å². The van der Waals surface area contributed by atoms with Gasteiger partial charge in [0, 0.05) is 29.6 Å². The molecule has 0 aliphatic heterocycles. The Morgan fingerprint density at radius 3 is 2.93 bits per heavy atom. The molecule has 4 aromatic rings. The second kappa shape index (κ2) is 7.73. The Hall–Kier alpha value is -3.33. The number of ether oxygens (including phenoxy) is 1. The van der Waals surface area contributed by atoms with Crippen molar-refractivity contribution in [3.8, 4) is 11.3 Å². The zero-order valence-corrected chi connectivity index (χ0v) is 15.3. The lowest BCUT2D eigenvalue weighted by Gasteiger charge is -2.03. The van der Waals surface area contributed by atoms with Crippen LogP contribution < -0.4 is 5.56 Å². The summed E-state index contributed by atoms with van der Waals surface area (Å²) in [6.45, 7) is -0.0745. The first-order valence-electron chi connectivity index (χ1n) is 8.40. The van der Waals surface area contributed by atoms with E-state index in [1.807, 2.05) is 0 Å². The van der Waals surface area contributed by atoms with Crippen LogP contribution in [0.5, 0.6) is 0 Å². The van der Waals surface area contributed by atoms with Gasteiger partial charge in [-0.05, 0) is 24.3 Å². The number of rotatable bonds is 6. The zero-order chi connectivity index (χ0) is 19.5. The predicted octanol–water partition coefficient (Wildman–Crippen LogP) is 3.23. The molecule has 9 heteroatoms. The van der Waals surface area contributed by atoms with Gasteiger partial charge in [0.1, 0.15) is 12.4 Å². The van der Waals surface area contributed by atoms with Crippen LogP contribution in [-0.2, 0) is 22.6 Å². The minimum atomic E-state index is -0.449. The maximum atomic E-state index is 13.0. The number of nitrogens with zero attached hydrogens (tertiary/aromatic N) is 3. The van der Waals surface area contributed by atoms with Gasteiger partial charge in [-0.2, -0.15) is 0 Å². The Morgan fingerprint density at radius 2 is 2.11 bits per heavy atom. The van der Waals surface area contributed by atoms with Crippen LogP contribution in [0.4, 0.5) is 4.39 Å². The van der Waals surface area contributed by atoms with E-state index in [1.165, 1.54) is 40.1 Å². The SMILES string of the molecule is O=C(CCc1ncc(-c2ccc(F)cc2)o1)OCc1cc(=O)n2ccsc2n1. The van der Waals surface area contributed by atoms with Crippen LogP contribution in [0.25, 0.3) is 16.3 Å². The standard InChI is InChI=1S/C19H14FN3O4S/c20-13-3-1-12(2-4-13)15-10-21-16(27-15)5-6-18(25)26-11-14-9-17(24)23-7-8-28-19(23)22-14/h1-4,7-10H,5-6,11H2. The maximum absolute atomic E-state index is 13.0. The molecule has 1 aromatic carbocycles. The van der Waals surface area contributed by atoms with Crippen molar-refractivity contribution in [1.29, 1.82) is 0 Å². The highest BCUT2D eigenvalue weighted by molar-refractivity contribution is 7.15. The minimum Gasteiger partial charge on any atom is -0.459 e. The molecule has 3 aromatic heterocycles. The van der Waals surface area contributed by atoms with Gasteiger partial charge in [0.25, 0.3) is 5.56 Å². The van der Waals surface area contributed by atoms with Crippen LogP contribution in [0.15, 0.2) is 57.3 Å². The summed E-state index contributed by atoms with van der Waals surface area (Å²) in [6, 6.07) is 7.20. The molecule has 0 atom stereocenters. The van der Waals surface area contributed by atoms with Crippen LogP contribution >= 0.6 is 11.3 Å². The summed E-state index contributed by atoms with van der Waals surface area (Å²) in [4.78, 5) is 32.8. The number of fused-ring (bicyclic) bond motifs is 1. The number of carbonyl (C=O) groups excluding carboxylic acids is 1. The summed E-state index contributed by atoms with van der Waals surface area (Å²) in [5.74, 6) is 0.0984. The summed E-state index contributed by atoms with van der Waals surface area (Å²) >= 11 is 1.33. The van der Waals surface area contributed by atoms with Crippen LogP contribution in [0.1, 0.15) is 18.0 Å². The van der Waals surface area contributed by atoms with Crippen molar-refractivity contribution in [2.24, 2.45) is 0 Å². The highest BCUT2D eigenvalue weighted by Crippen LogP contribution is 2.21. The number of carbonyl (C=O) groups is 1. The van der Waals surface area contributed by atoms with Crippen molar-refractivity contribution in [2.75, 3.05) is 0 Å². The number of hydrogen-bond acceptors (Lipinski definition) is 7. The van der Waals surface area contributed by atoms with Crippen molar-refractivity contribution in [3.05, 3.63) is 75.9 Å². The van der Waals surface area contributed by atoms with E-state index in [9.17, 15) is 14.0 Å². The first-order valence-corrected chi connectivity index (χ1v) is 9.28. The van der Waals surface area contributed by atoms with E-state index in [0.717, 1.165) is 0 Å². The average molecular weight is 399 g/mol. The minimum absolute atomic E-state index is 0.0730. The topological polar surface area (TPSA) is 86.7 Å². The quantitative estimate of drug-likeness (QED) is 0.463. The van der Waals surface area contributed by atoms with Crippen molar-refractivity contribution in [3.63, 3.8) is 0 Å². The summed E-state index contributed by atoms with van der Waals surface area (Å²) in [5.41, 5.74) is 0.880. The fourth-order valence-corrected chi connectivity index (χ4v) is 3.31. The van der Waals surface area contributed by atoms with E-state index in [4.69, 9.17) is 9.15 Å². The monoisotopic (exact) mass is 399 g/mol. The van der Waals surface area contributed by atoms with E-state index in [1.54, 1.807) is 23.7 Å². The smallest absolute Gasteiger partial charge is 0.306 e. The molecule has 0 saturated heterocycles. The van der Waals surface area contributed by atoms with E-state index >= 15 is 0 Å². The van der Waals surface area contributed by atoms with Crippen LogP contribution in [-0.4, -0.2) is 20.3 Å². The number of benzene rings is 1. The van der Waals surface area contributed by atoms with Gasteiger partial charge in [-0.25, -0.2) is 14.4 Å². The molecule has 28 heavy (non-hydrogen) atoms.